The molecule has 0 unspecified atom stereocenters. The quantitative estimate of drug-likeness (QED) is 0.351. The summed E-state index contributed by atoms with van der Waals surface area (Å²) < 4.78 is 1.12. The topological polar surface area (TPSA) is 118 Å². The summed E-state index contributed by atoms with van der Waals surface area (Å²) in [5, 5.41) is 3.12. The van der Waals surface area contributed by atoms with Gasteiger partial charge in [0.25, 0.3) is 5.91 Å². The van der Waals surface area contributed by atoms with E-state index in [1.807, 2.05) is 24.3 Å². The number of nitrogens with two attached hydrogens (primary N) is 1. The molecule has 9 heteroatoms. The van der Waals surface area contributed by atoms with Crippen molar-refractivity contribution in [1.82, 2.24) is 20.4 Å². The van der Waals surface area contributed by atoms with Gasteiger partial charge in [-0.15, -0.1) is 0 Å². The van der Waals surface area contributed by atoms with Crippen LogP contribution in [0.2, 0.25) is 0 Å². The highest BCUT2D eigenvalue weighted by molar-refractivity contribution is 14.1. The van der Waals surface area contributed by atoms with Gasteiger partial charge in [-0.1, -0.05) is 0 Å². The minimum absolute atomic E-state index is 0.285. The van der Waals surface area contributed by atoms with Gasteiger partial charge in [0.05, 0.1) is 5.56 Å². The molecule has 1 aromatic carbocycles. The molecule has 5 N–H and O–H groups in total. The van der Waals surface area contributed by atoms with Gasteiger partial charge in [-0.2, -0.15) is 0 Å². The number of carbonyl (C=O) groups excluding carboxylic acids is 1. The first-order valence-electron chi connectivity index (χ1n) is 7.23. The van der Waals surface area contributed by atoms with E-state index in [0.29, 0.717) is 17.2 Å². The zero-order valence-corrected chi connectivity index (χ0v) is 15.1. The van der Waals surface area contributed by atoms with Crippen LogP contribution in [0.15, 0.2) is 55.1 Å². The molecule has 0 aliphatic heterocycles. The molecule has 0 aliphatic carbocycles. The normalized spacial score (nSPS) is 10.1. The lowest BCUT2D eigenvalue weighted by Gasteiger charge is -2.13. The zero-order chi connectivity index (χ0) is 17.6. The van der Waals surface area contributed by atoms with Gasteiger partial charge in [-0.25, -0.2) is 9.97 Å². The number of hydrogen-bond acceptors (Lipinski definition) is 7. The first-order valence-corrected chi connectivity index (χ1v) is 8.31. The van der Waals surface area contributed by atoms with Crippen molar-refractivity contribution in [3.8, 4) is 0 Å². The summed E-state index contributed by atoms with van der Waals surface area (Å²) in [6.07, 6.45) is 4.41. The van der Waals surface area contributed by atoms with E-state index in [-0.39, 0.29) is 11.6 Å². The highest BCUT2D eigenvalue weighted by Gasteiger charge is 2.10. The van der Waals surface area contributed by atoms with Gasteiger partial charge in [-0.3, -0.25) is 20.6 Å². The third-order valence-corrected chi connectivity index (χ3v) is 3.93. The number of pyridine rings is 1. The van der Waals surface area contributed by atoms with Crippen LogP contribution in [0.3, 0.4) is 0 Å². The molecule has 8 nitrogen and oxygen atoms in total. The summed E-state index contributed by atoms with van der Waals surface area (Å²) in [5.74, 6) is 0.382. The van der Waals surface area contributed by atoms with Crippen LogP contribution in [0.1, 0.15) is 10.4 Å². The van der Waals surface area contributed by atoms with Gasteiger partial charge in [0.2, 0.25) is 0 Å². The molecule has 126 valence electrons. The molecule has 0 saturated carbocycles. The minimum atomic E-state index is -0.349. The molecule has 3 aromatic rings. The van der Waals surface area contributed by atoms with E-state index in [0.717, 1.165) is 9.26 Å². The Balaban J connectivity index is 1.70. The summed E-state index contributed by atoms with van der Waals surface area (Å²) >= 11 is 2.23. The Morgan fingerprint density at radius 3 is 2.56 bits per heavy atom. The Morgan fingerprint density at radius 1 is 1.08 bits per heavy atom. The standard InChI is InChI=1S/C16H14IN7O/c17-11-3-5-12(6-4-11)22-14-13(18)15(21-9-20-14)23-24-16(25)10-2-1-7-19-8-10/h1-9H,18H2,(H,24,25)(H2,20,21,22,23). The molecule has 0 atom stereocenters. The van der Waals surface area contributed by atoms with Gasteiger partial charge in [-0.05, 0) is 59.0 Å². The predicted molar refractivity (Wildman–Crippen MR) is 104 cm³/mol. The second-order valence-corrected chi connectivity index (χ2v) is 6.18. The molecular formula is C16H14IN7O. The SMILES string of the molecule is Nc1c(NNC(=O)c2cccnc2)ncnc1Nc1ccc(I)cc1. The fourth-order valence-corrected chi connectivity index (χ4v) is 2.31. The van der Waals surface area contributed by atoms with Crippen molar-refractivity contribution in [2.45, 2.75) is 0 Å². The van der Waals surface area contributed by atoms with Crippen molar-refractivity contribution >= 4 is 51.5 Å². The van der Waals surface area contributed by atoms with Gasteiger partial charge in [0, 0.05) is 21.7 Å². The van der Waals surface area contributed by atoms with Crippen LogP contribution in [0.5, 0.6) is 0 Å². The molecule has 25 heavy (non-hydrogen) atoms. The van der Waals surface area contributed by atoms with E-state index >= 15 is 0 Å². The Kier molecular flexibility index (Phi) is 5.23. The first kappa shape index (κ1) is 16.9. The first-order chi connectivity index (χ1) is 12.1. The van der Waals surface area contributed by atoms with Crippen LogP contribution < -0.4 is 21.9 Å². The maximum absolute atomic E-state index is 12.0. The lowest BCUT2D eigenvalue weighted by molar-refractivity contribution is 0.0962. The third-order valence-electron chi connectivity index (χ3n) is 3.21. The molecule has 3 rings (SSSR count). The van der Waals surface area contributed by atoms with E-state index < -0.39 is 0 Å². The summed E-state index contributed by atoms with van der Waals surface area (Å²) in [5.41, 5.74) is 12.8. The molecule has 1 amide bonds. The van der Waals surface area contributed by atoms with Crippen LogP contribution in [-0.2, 0) is 0 Å². The van der Waals surface area contributed by atoms with Crippen LogP contribution in [0, 0.1) is 3.57 Å². The monoisotopic (exact) mass is 447 g/mol. The number of hydrogen-bond donors (Lipinski definition) is 4. The Hall–Kier alpha value is -2.95. The summed E-state index contributed by atoms with van der Waals surface area (Å²) in [6, 6.07) is 11.1. The molecule has 0 saturated heterocycles. The lowest BCUT2D eigenvalue weighted by atomic mass is 10.3. The van der Waals surface area contributed by atoms with Crippen LogP contribution in [0.25, 0.3) is 0 Å². The van der Waals surface area contributed by atoms with E-state index in [1.165, 1.54) is 12.5 Å². The Labute approximate surface area is 157 Å². The average molecular weight is 447 g/mol. The van der Waals surface area contributed by atoms with Gasteiger partial charge in [0.1, 0.15) is 12.0 Å². The number of nitrogen functional groups attached to an aromatic ring is 1. The number of aromatic nitrogens is 3. The Morgan fingerprint density at radius 2 is 1.84 bits per heavy atom. The summed E-state index contributed by atoms with van der Waals surface area (Å²) in [6.45, 7) is 0. The number of benzene rings is 1. The highest BCUT2D eigenvalue weighted by atomic mass is 127. The third kappa shape index (κ3) is 4.32. The van der Waals surface area contributed by atoms with Crippen molar-refractivity contribution in [2.75, 3.05) is 16.5 Å². The summed E-state index contributed by atoms with van der Waals surface area (Å²) in [7, 11) is 0. The van der Waals surface area contributed by atoms with Gasteiger partial charge in [0.15, 0.2) is 11.6 Å². The molecular weight excluding hydrogens is 433 g/mol. The molecule has 0 radical (unpaired) electrons. The smallest absolute Gasteiger partial charge is 0.271 e. The number of hydrazine groups is 1. The van der Waals surface area contributed by atoms with Crippen molar-refractivity contribution in [3.05, 3.63) is 64.3 Å². The predicted octanol–water partition coefficient (Wildman–Crippen LogP) is 2.56. The average Bonchev–Trinajstić information content (AvgIpc) is 2.64. The van der Waals surface area contributed by atoms with E-state index in [9.17, 15) is 4.79 Å². The zero-order valence-electron chi connectivity index (χ0n) is 12.9. The number of amides is 1. The number of carbonyl (C=O) groups is 1. The number of halogens is 1. The van der Waals surface area contributed by atoms with Crippen LogP contribution in [0.4, 0.5) is 23.0 Å². The molecule has 0 spiro atoms. The molecule has 2 heterocycles. The maximum Gasteiger partial charge on any atom is 0.271 e. The fourth-order valence-electron chi connectivity index (χ4n) is 1.95. The number of nitrogens with one attached hydrogen (secondary N) is 3. The van der Waals surface area contributed by atoms with Crippen molar-refractivity contribution < 1.29 is 4.79 Å². The highest BCUT2D eigenvalue weighted by Crippen LogP contribution is 2.25. The maximum atomic E-state index is 12.0. The summed E-state index contributed by atoms with van der Waals surface area (Å²) in [4.78, 5) is 24.1. The van der Waals surface area contributed by atoms with Gasteiger partial charge >= 0.3 is 0 Å². The van der Waals surface area contributed by atoms with Crippen molar-refractivity contribution in [2.24, 2.45) is 0 Å². The number of anilines is 4. The molecule has 0 bridgehead atoms. The molecule has 2 aromatic heterocycles. The van der Waals surface area contributed by atoms with Crippen LogP contribution >= 0.6 is 22.6 Å². The Bertz CT molecular complexity index is 871. The number of rotatable bonds is 5. The van der Waals surface area contributed by atoms with Gasteiger partial charge < -0.3 is 11.1 Å². The minimum Gasteiger partial charge on any atom is -0.393 e. The second kappa shape index (κ2) is 7.75. The fraction of sp³-hybridized carbons (Fsp3) is 0. The van der Waals surface area contributed by atoms with E-state index in [1.54, 1.807) is 18.3 Å². The second-order valence-electron chi connectivity index (χ2n) is 4.94. The van der Waals surface area contributed by atoms with Crippen LogP contribution in [-0.4, -0.2) is 20.9 Å². The number of nitrogens with zero attached hydrogens (tertiary/aromatic N) is 3. The molecule has 0 aliphatic rings. The molecule has 0 fully saturated rings. The lowest BCUT2D eigenvalue weighted by Crippen LogP contribution is -2.30. The van der Waals surface area contributed by atoms with E-state index in [4.69, 9.17) is 5.73 Å². The van der Waals surface area contributed by atoms with E-state index in [2.05, 4.69) is 53.7 Å². The largest absolute Gasteiger partial charge is 0.393 e. The van der Waals surface area contributed by atoms with Crippen molar-refractivity contribution in [1.29, 1.82) is 0 Å². The van der Waals surface area contributed by atoms with Crippen molar-refractivity contribution in [3.63, 3.8) is 0 Å².